The molecule has 2 aromatic rings. The lowest BCUT2D eigenvalue weighted by molar-refractivity contribution is -0.384. The Morgan fingerprint density at radius 3 is 2.81 bits per heavy atom. The molecule has 6 heteroatoms. The van der Waals surface area contributed by atoms with Crippen molar-refractivity contribution < 1.29 is 9.66 Å². The van der Waals surface area contributed by atoms with Crippen LogP contribution in [0.15, 0.2) is 42.5 Å². The first kappa shape index (κ1) is 15.1. The van der Waals surface area contributed by atoms with Gasteiger partial charge in [0.1, 0.15) is 5.75 Å². The molecule has 2 rings (SSSR count). The Labute approximate surface area is 127 Å². The topological polar surface area (TPSA) is 64.4 Å². The number of nitro groups is 1. The van der Waals surface area contributed by atoms with E-state index in [1.165, 1.54) is 18.2 Å². The minimum Gasteiger partial charge on any atom is -0.494 e. The van der Waals surface area contributed by atoms with Gasteiger partial charge in [-0.25, -0.2) is 0 Å². The van der Waals surface area contributed by atoms with Gasteiger partial charge in [0, 0.05) is 18.7 Å². The number of benzene rings is 2. The highest BCUT2D eigenvalue weighted by molar-refractivity contribution is 6.33. The monoisotopic (exact) mass is 306 g/mol. The molecule has 0 aliphatic carbocycles. The lowest BCUT2D eigenvalue weighted by atomic mass is 10.2. The van der Waals surface area contributed by atoms with Gasteiger partial charge in [-0.3, -0.25) is 10.1 Å². The van der Waals surface area contributed by atoms with Crippen LogP contribution < -0.4 is 10.1 Å². The number of nitro benzene ring substituents is 1. The molecule has 0 heterocycles. The summed E-state index contributed by atoms with van der Waals surface area (Å²) < 4.78 is 5.43. The third-order valence-electron chi connectivity index (χ3n) is 2.85. The van der Waals surface area contributed by atoms with Crippen molar-refractivity contribution in [1.82, 2.24) is 0 Å². The highest BCUT2D eigenvalue weighted by atomic mass is 35.5. The van der Waals surface area contributed by atoms with Gasteiger partial charge in [-0.05, 0) is 30.7 Å². The number of non-ortho nitro benzene ring substituents is 1. The van der Waals surface area contributed by atoms with E-state index in [0.29, 0.717) is 23.9 Å². The van der Waals surface area contributed by atoms with E-state index in [-0.39, 0.29) is 5.69 Å². The van der Waals surface area contributed by atoms with Gasteiger partial charge in [0.2, 0.25) is 0 Å². The van der Waals surface area contributed by atoms with E-state index >= 15 is 0 Å². The molecule has 0 atom stereocenters. The molecule has 21 heavy (non-hydrogen) atoms. The van der Waals surface area contributed by atoms with Crippen LogP contribution in [-0.4, -0.2) is 11.5 Å². The van der Waals surface area contributed by atoms with E-state index in [2.05, 4.69) is 5.32 Å². The van der Waals surface area contributed by atoms with E-state index in [9.17, 15) is 10.1 Å². The molecular formula is C15H15ClN2O3. The third-order valence-corrected chi connectivity index (χ3v) is 3.18. The molecule has 0 aliphatic heterocycles. The molecule has 0 saturated heterocycles. The van der Waals surface area contributed by atoms with Gasteiger partial charge in [-0.15, -0.1) is 0 Å². The van der Waals surface area contributed by atoms with Crippen molar-refractivity contribution in [3.63, 3.8) is 0 Å². The molecule has 5 nitrogen and oxygen atoms in total. The maximum Gasteiger partial charge on any atom is 0.271 e. The number of rotatable bonds is 6. The number of nitrogens with one attached hydrogen (secondary N) is 1. The number of ether oxygens (including phenoxy) is 1. The van der Waals surface area contributed by atoms with Crippen molar-refractivity contribution in [2.45, 2.75) is 13.5 Å². The summed E-state index contributed by atoms with van der Waals surface area (Å²) >= 11 is 6.04. The average Bonchev–Trinajstić information content (AvgIpc) is 2.47. The first-order valence-corrected chi connectivity index (χ1v) is 6.87. The molecule has 0 unspecified atom stereocenters. The molecule has 0 radical (unpaired) electrons. The van der Waals surface area contributed by atoms with Gasteiger partial charge in [0.25, 0.3) is 5.69 Å². The van der Waals surface area contributed by atoms with Gasteiger partial charge >= 0.3 is 0 Å². The Morgan fingerprint density at radius 1 is 1.29 bits per heavy atom. The largest absolute Gasteiger partial charge is 0.494 e. The number of nitrogens with zero attached hydrogens (tertiary/aromatic N) is 1. The van der Waals surface area contributed by atoms with Crippen molar-refractivity contribution in [3.8, 4) is 5.75 Å². The summed E-state index contributed by atoms with van der Waals surface area (Å²) in [5, 5.41) is 14.3. The van der Waals surface area contributed by atoms with Crippen molar-refractivity contribution >= 4 is 23.0 Å². The quantitative estimate of drug-likeness (QED) is 0.640. The summed E-state index contributed by atoms with van der Waals surface area (Å²) in [5.74, 6) is 0.793. The zero-order chi connectivity index (χ0) is 15.2. The third kappa shape index (κ3) is 4.10. The summed E-state index contributed by atoms with van der Waals surface area (Å²) in [6.45, 7) is 3.03. The Hall–Kier alpha value is -2.27. The van der Waals surface area contributed by atoms with Gasteiger partial charge in [0.15, 0.2) is 0 Å². The van der Waals surface area contributed by atoms with E-state index in [0.717, 1.165) is 11.3 Å². The number of anilines is 1. The number of halogens is 1. The van der Waals surface area contributed by atoms with Crippen LogP contribution in [0, 0.1) is 10.1 Å². The Kier molecular flexibility index (Phi) is 5.00. The Morgan fingerprint density at radius 2 is 2.10 bits per heavy atom. The maximum absolute atomic E-state index is 10.8. The number of hydrogen-bond acceptors (Lipinski definition) is 4. The Balaban J connectivity index is 2.10. The van der Waals surface area contributed by atoms with Crippen LogP contribution in [0.25, 0.3) is 0 Å². The van der Waals surface area contributed by atoms with Crippen LogP contribution in [0.5, 0.6) is 5.75 Å². The summed E-state index contributed by atoms with van der Waals surface area (Å²) in [6.07, 6.45) is 0. The normalized spacial score (nSPS) is 10.2. The summed E-state index contributed by atoms with van der Waals surface area (Å²) in [6, 6.07) is 12.0. The molecule has 0 bridgehead atoms. The second-order valence-electron chi connectivity index (χ2n) is 4.36. The van der Waals surface area contributed by atoms with Crippen LogP contribution in [0.4, 0.5) is 11.4 Å². The van der Waals surface area contributed by atoms with Crippen molar-refractivity contribution in [1.29, 1.82) is 0 Å². The molecule has 0 aliphatic rings. The van der Waals surface area contributed by atoms with Gasteiger partial charge in [-0.2, -0.15) is 0 Å². The van der Waals surface area contributed by atoms with Crippen LogP contribution in [0.1, 0.15) is 12.5 Å². The van der Waals surface area contributed by atoms with Crippen molar-refractivity contribution in [3.05, 3.63) is 63.2 Å². The smallest absolute Gasteiger partial charge is 0.271 e. The molecule has 0 amide bonds. The lowest BCUT2D eigenvalue weighted by Crippen LogP contribution is -2.01. The molecule has 0 spiro atoms. The van der Waals surface area contributed by atoms with Crippen LogP contribution >= 0.6 is 11.6 Å². The van der Waals surface area contributed by atoms with Crippen LogP contribution in [0.2, 0.25) is 5.02 Å². The summed E-state index contributed by atoms with van der Waals surface area (Å²) in [7, 11) is 0. The minimum absolute atomic E-state index is 0.00460. The van der Waals surface area contributed by atoms with Crippen molar-refractivity contribution in [2.24, 2.45) is 0 Å². The fourth-order valence-corrected chi connectivity index (χ4v) is 2.06. The molecule has 2 aromatic carbocycles. The molecule has 110 valence electrons. The van der Waals surface area contributed by atoms with Crippen LogP contribution in [-0.2, 0) is 6.54 Å². The lowest BCUT2D eigenvalue weighted by Gasteiger charge is -2.10. The molecule has 1 N–H and O–H groups in total. The maximum atomic E-state index is 10.8. The predicted octanol–water partition coefficient (Wildman–Crippen LogP) is 4.26. The molecule has 0 aromatic heterocycles. The molecule has 0 fully saturated rings. The van der Waals surface area contributed by atoms with E-state index in [1.54, 1.807) is 0 Å². The highest BCUT2D eigenvalue weighted by Gasteiger charge is 2.09. The van der Waals surface area contributed by atoms with E-state index < -0.39 is 4.92 Å². The SMILES string of the molecule is CCOc1cccc(CNc2cc([N+](=O)[O-])ccc2Cl)c1. The van der Waals surface area contributed by atoms with Gasteiger partial charge in [-0.1, -0.05) is 23.7 Å². The second kappa shape index (κ2) is 6.95. The van der Waals surface area contributed by atoms with Crippen molar-refractivity contribution in [2.75, 3.05) is 11.9 Å². The number of hydrogen-bond donors (Lipinski definition) is 1. The molecular weight excluding hydrogens is 292 g/mol. The van der Waals surface area contributed by atoms with Gasteiger partial charge in [0.05, 0.1) is 22.2 Å². The first-order chi connectivity index (χ1) is 10.1. The minimum atomic E-state index is -0.447. The zero-order valence-electron chi connectivity index (χ0n) is 11.5. The molecule has 0 saturated carbocycles. The zero-order valence-corrected chi connectivity index (χ0v) is 12.3. The highest BCUT2D eigenvalue weighted by Crippen LogP contribution is 2.27. The summed E-state index contributed by atoms with van der Waals surface area (Å²) in [5.41, 5.74) is 1.54. The Bertz CT molecular complexity index is 647. The fourth-order valence-electron chi connectivity index (χ4n) is 1.87. The first-order valence-electron chi connectivity index (χ1n) is 6.49. The standard InChI is InChI=1S/C15H15ClN2O3/c1-2-21-13-5-3-4-11(8-13)10-17-15-9-12(18(19)20)6-7-14(15)16/h3-9,17H,2,10H2,1H3. The summed E-state index contributed by atoms with van der Waals surface area (Å²) in [4.78, 5) is 10.3. The van der Waals surface area contributed by atoms with E-state index in [1.807, 2.05) is 31.2 Å². The van der Waals surface area contributed by atoms with E-state index in [4.69, 9.17) is 16.3 Å². The fraction of sp³-hybridized carbons (Fsp3) is 0.200. The predicted molar refractivity (Wildman–Crippen MR) is 83.0 cm³/mol. The van der Waals surface area contributed by atoms with Gasteiger partial charge < -0.3 is 10.1 Å². The average molecular weight is 307 g/mol. The second-order valence-corrected chi connectivity index (χ2v) is 4.76. The van der Waals surface area contributed by atoms with Crippen LogP contribution in [0.3, 0.4) is 0 Å².